The molecule has 0 bridgehead atoms. The minimum atomic E-state index is -0.449. The van der Waals surface area contributed by atoms with Gasteiger partial charge in [0, 0.05) is 24.5 Å². The minimum Gasteiger partial charge on any atom is -0.392 e. The van der Waals surface area contributed by atoms with Crippen molar-refractivity contribution in [3.05, 3.63) is 42.4 Å². The maximum atomic E-state index is 9.92. The maximum absolute atomic E-state index is 9.92. The summed E-state index contributed by atoms with van der Waals surface area (Å²) in [6, 6.07) is 9.95. The summed E-state index contributed by atoms with van der Waals surface area (Å²) in [5.41, 5.74) is 0.262. The number of likely N-dealkylation sites (N-methyl/N-ethyl adjacent to an activating group) is 1. The van der Waals surface area contributed by atoms with Gasteiger partial charge in [0.25, 0.3) is 0 Å². The van der Waals surface area contributed by atoms with E-state index < -0.39 is 5.54 Å². The van der Waals surface area contributed by atoms with Crippen LogP contribution in [0.3, 0.4) is 0 Å². The number of aromatic nitrogens is 3. The van der Waals surface area contributed by atoms with Gasteiger partial charge < -0.3 is 9.63 Å². The largest absolute Gasteiger partial charge is 0.392 e. The number of aliphatic hydroxyl groups excluding tert-OH is 1. The summed E-state index contributed by atoms with van der Waals surface area (Å²) in [6.07, 6.45) is 1.95. The highest BCUT2D eigenvalue weighted by Gasteiger charge is 2.45. The smallest absolute Gasteiger partial charge is 0.247 e. The highest BCUT2D eigenvalue weighted by atomic mass is 16.5. The molecule has 0 amide bonds. The molecule has 0 spiro atoms. The van der Waals surface area contributed by atoms with Crippen molar-refractivity contribution in [1.29, 1.82) is 0 Å². The van der Waals surface area contributed by atoms with Crippen LogP contribution in [-0.2, 0) is 5.54 Å². The molecule has 1 N–H and O–H groups in total. The van der Waals surface area contributed by atoms with Crippen LogP contribution in [0.5, 0.6) is 0 Å². The van der Waals surface area contributed by atoms with Gasteiger partial charge in [0.05, 0.1) is 6.10 Å². The first-order valence-electron chi connectivity index (χ1n) is 7.65. The molecule has 1 aliphatic rings. The van der Waals surface area contributed by atoms with Crippen molar-refractivity contribution in [3.8, 4) is 11.5 Å². The Bertz CT molecular complexity index is 857. The normalized spacial score (nSPS) is 25.3. The number of hydrogen-bond donors (Lipinski definition) is 1. The average molecular weight is 310 g/mol. The number of benzene rings is 1. The van der Waals surface area contributed by atoms with E-state index in [4.69, 9.17) is 4.52 Å². The van der Waals surface area contributed by atoms with E-state index in [0.29, 0.717) is 30.4 Å². The van der Waals surface area contributed by atoms with Crippen LogP contribution < -0.4 is 0 Å². The number of pyridine rings is 1. The lowest BCUT2D eigenvalue weighted by Gasteiger charge is -2.27. The van der Waals surface area contributed by atoms with E-state index in [1.165, 1.54) is 0 Å². The number of likely N-dealkylation sites (tertiary alicyclic amines) is 1. The zero-order chi connectivity index (χ0) is 16.0. The number of β-amino-alcohol motifs (C(OH)–C–C–N with tert-alkyl or cyclic N) is 1. The van der Waals surface area contributed by atoms with Crippen LogP contribution in [0.25, 0.3) is 22.3 Å². The fraction of sp³-hybridized carbons (Fsp3) is 0.353. The van der Waals surface area contributed by atoms with Crippen LogP contribution in [0.1, 0.15) is 19.2 Å². The van der Waals surface area contributed by atoms with Crippen LogP contribution >= 0.6 is 0 Å². The van der Waals surface area contributed by atoms with Crippen LogP contribution in [0, 0.1) is 0 Å². The lowest BCUT2D eigenvalue weighted by Crippen LogP contribution is -2.35. The predicted octanol–water partition coefficient (Wildman–Crippen LogP) is 2.20. The number of aliphatic hydroxyl groups is 1. The zero-order valence-electron chi connectivity index (χ0n) is 13.1. The molecule has 2 unspecified atom stereocenters. The first-order valence-corrected chi connectivity index (χ1v) is 7.65. The maximum Gasteiger partial charge on any atom is 0.247 e. The molecule has 1 aromatic carbocycles. The van der Waals surface area contributed by atoms with Crippen molar-refractivity contribution >= 4 is 10.8 Å². The molecule has 0 saturated carbocycles. The van der Waals surface area contributed by atoms with Gasteiger partial charge in [-0.15, -0.1) is 0 Å². The van der Waals surface area contributed by atoms with Crippen molar-refractivity contribution in [2.24, 2.45) is 0 Å². The fourth-order valence-corrected chi connectivity index (χ4v) is 3.28. The molecule has 1 fully saturated rings. The SMILES string of the molecule is CN1CC(O)CC1(C)c1nc(-c2nccc3ccccc23)no1. The molecule has 0 aliphatic carbocycles. The van der Waals surface area contributed by atoms with Gasteiger partial charge in [-0.3, -0.25) is 9.88 Å². The Labute approximate surface area is 133 Å². The molecule has 118 valence electrons. The molecule has 6 heteroatoms. The Hall–Kier alpha value is -2.31. The van der Waals surface area contributed by atoms with Crippen LogP contribution in [-0.4, -0.2) is 44.8 Å². The Morgan fingerprint density at radius 2 is 2.13 bits per heavy atom. The molecule has 1 aliphatic heterocycles. The van der Waals surface area contributed by atoms with Gasteiger partial charge >= 0.3 is 0 Å². The van der Waals surface area contributed by atoms with Crippen molar-refractivity contribution in [3.63, 3.8) is 0 Å². The molecule has 6 nitrogen and oxygen atoms in total. The van der Waals surface area contributed by atoms with Gasteiger partial charge in [-0.05, 0) is 25.4 Å². The fourth-order valence-electron chi connectivity index (χ4n) is 3.28. The highest BCUT2D eigenvalue weighted by molar-refractivity contribution is 5.92. The van der Waals surface area contributed by atoms with Gasteiger partial charge in [-0.2, -0.15) is 4.98 Å². The van der Waals surface area contributed by atoms with Crippen LogP contribution in [0.4, 0.5) is 0 Å². The first-order chi connectivity index (χ1) is 11.1. The van der Waals surface area contributed by atoms with Crippen molar-refractivity contribution in [2.45, 2.75) is 25.0 Å². The Balaban J connectivity index is 1.79. The highest BCUT2D eigenvalue weighted by Crippen LogP contribution is 2.37. The molecule has 3 aromatic rings. The average Bonchev–Trinajstić information content (AvgIpc) is 3.13. The standard InChI is InChI=1S/C17H18N4O2/c1-17(9-12(22)10-21(17)2)16-19-15(20-23-16)14-13-6-4-3-5-11(13)7-8-18-14/h3-8,12,22H,9-10H2,1-2H3. The summed E-state index contributed by atoms with van der Waals surface area (Å²) in [5, 5.41) is 16.1. The van der Waals surface area contributed by atoms with E-state index in [1.807, 2.05) is 49.2 Å². The molecular formula is C17H18N4O2. The first kappa shape index (κ1) is 14.3. The predicted molar refractivity (Wildman–Crippen MR) is 85.6 cm³/mol. The van der Waals surface area contributed by atoms with Gasteiger partial charge in [0.2, 0.25) is 11.7 Å². The van der Waals surface area contributed by atoms with Crippen molar-refractivity contribution in [2.75, 3.05) is 13.6 Å². The summed E-state index contributed by atoms with van der Waals surface area (Å²) in [5.74, 6) is 0.995. The van der Waals surface area contributed by atoms with Gasteiger partial charge in [0.1, 0.15) is 11.2 Å². The lowest BCUT2D eigenvalue weighted by molar-refractivity contribution is 0.143. The Kier molecular flexibility index (Phi) is 3.18. The van der Waals surface area contributed by atoms with Gasteiger partial charge in [0.15, 0.2) is 0 Å². The van der Waals surface area contributed by atoms with E-state index in [2.05, 4.69) is 15.1 Å². The molecular weight excluding hydrogens is 292 g/mol. The molecule has 2 atom stereocenters. The van der Waals surface area contributed by atoms with E-state index in [1.54, 1.807) is 6.20 Å². The second-order valence-corrected chi connectivity index (χ2v) is 6.32. The van der Waals surface area contributed by atoms with E-state index in [-0.39, 0.29) is 6.10 Å². The molecule has 0 radical (unpaired) electrons. The summed E-state index contributed by atoms with van der Waals surface area (Å²) in [4.78, 5) is 11.0. The molecule has 23 heavy (non-hydrogen) atoms. The van der Waals surface area contributed by atoms with Crippen molar-refractivity contribution in [1.82, 2.24) is 20.0 Å². The van der Waals surface area contributed by atoms with Crippen LogP contribution in [0.15, 0.2) is 41.1 Å². The zero-order valence-corrected chi connectivity index (χ0v) is 13.1. The second kappa shape index (κ2) is 5.11. The Morgan fingerprint density at radius 1 is 1.30 bits per heavy atom. The topological polar surface area (TPSA) is 75.3 Å². The quantitative estimate of drug-likeness (QED) is 0.782. The second-order valence-electron chi connectivity index (χ2n) is 6.32. The third kappa shape index (κ3) is 2.22. The van der Waals surface area contributed by atoms with Gasteiger partial charge in [-0.25, -0.2) is 0 Å². The lowest BCUT2D eigenvalue weighted by atomic mass is 9.98. The van der Waals surface area contributed by atoms with Crippen LogP contribution in [0.2, 0.25) is 0 Å². The number of nitrogens with zero attached hydrogens (tertiary/aromatic N) is 4. The summed E-state index contributed by atoms with van der Waals surface area (Å²) in [7, 11) is 1.95. The van der Waals surface area contributed by atoms with Gasteiger partial charge in [-0.1, -0.05) is 29.4 Å². The third-order valence-corrected chi connectivity index (χ3v) is 4.73. The van der Waals surface area contributed by atoms with E-state index in [0.717, 1.165) is 10.8 Å². The summed E-state index contributed by atoms with van der Waals surface area (Å²) < 4.78 is 5.52. The molecule has 1 saturated heterocycles. The molecule has 4 rings (SSSR count). The van der Waals surface area contributed by atoms with Crippen molar-refractivity contribution < 1.29 is 9.63 Å². The minimum absolute atomic E-state index is 0.379. The summed E-state index contributed by atoms with van der Waals surface area (Å²) in [6.45, 7) is 2.61. The Morgan fingerprint density at radius 3 is 2.91 bits per heavy atom. The number of rotatable bonds is 2. The molecule has 3 heterocycles. The summed E-state index contributed by atoms with van der Waals surface area (Å²) >= 11 is 0. The number of fused-ring (bicyclic) bond motifs is 1. The monoisotopic (exact) mass is 310 g/mol. The third-order valence-electron chi connectivity index (χ3n) is 4.73. The number of hydrogen-bond acceptors (Lipinski definition) is 6. The van der Waals surface area contributed by atoms with E-state index in [9.17, 15) is 5.11 Å². The van der Waals surface area contributed by atoms with E-state index >= 15 is 0 Å². The molecule has 2 aromatic heterocycles.